The summed E-state index contributed by atoms with van der Waals surface area (Å²) in [4.78, 5) is 16.4. The summed E-state index contributed by atoms with van der Waals surface area (Å²) in [5, 5.41) is 11.6. The molecule has 0 spiro atoms. The number of alkyl halides is 6. The van der Waals surface area contributed by atoms with Crippen LogP contribution in [0.5, 0.6) is 0 Å². The molecule has 2 aromatic heterocycles. The van der Waals surface area contributed by atoms with Crippen molar-refractivity contribution < 1.29 is 31.4 Å². The normalized spacial score (nSPS) is 22.2. The van der Waals surface area contributed by atoms with Gasteiger partial charge in [0, 0.05) is 66.6 Å². The first-order valence-corrected chi connectivity index (χ1v) is 17.7. The summed E-state index contributed by atoms with van der Waals surface area (Å²) in [5.41, 5.74) is 2.21. The van der Waals surface area contributed by atoms with Crippen LogP contribution in [-0.2, 0) is 12.6 Å². The van der Waals surface area contributed by atoms with Crippen LogP contribution in [0, 0.1) is 11.3 Å². The van der Waals surface area contributed by atoms with Crippen molar-refractivity contribution in [2.45, 2.75) is 115 Å². The molecule has 1 aromatic carbocycles. The smallest absolute Gasteiger partial charge is 0.388 e. The van der Waals surface area contributed by atoms with Gasteiger partial charge in [-0.15, -0.1) is 0 Å². The lowest BCUT2D eigenvalue weighted by atomic mass is 9.68. The molecule has 3 heterocycles. The minimum atomic E-state index is -4.58. The zero-order chi connectivity index (χ0) is 36.0. The molecule has 50 heavy (non-hydrogen) atoms. The second-order valence-electron chi connectivity index (χ2n) is 15.5. The third kappa shape index (κ3) is 7.87. The largest absolute Gasteiger partial charge is 0.416 e. The molecule has 0 bridgehead atoms. The summed E-state index contributed by atoms with van der Waals surface area (Å²) in [5.74, 6) is -2.49. The highest BCUT2D eigenvalue weighted by molar-refractivity contribution is 5.52. The number of benzene rings is 1. The molecule has 3 aliphatic rings. The predicted molar refractivity (Wildman–Crippen MR) is 182 cm³/mol. The Morgan fingerprint density at radius 1 is 0.920 bits per heavy atom. The fraction of sp³-hybridized carbons (Fsp3) is 0.564. The van der Waals surface area contributed by atoms with Gasteiger partial charge in [-0.3, -0.25) is 4.98 Å². The van der Waals surface area contributed by atoms with Crippen molar-refractivity contribution in [2.75, 3.05) is 18.0 Å². The molecular weight excluding hydrogens is 654 g/mol. The molecule has 270 valence electrons. The highest BCUT2D eigenvalue weighted by atomic mass is 19.4. The number of hydrogen-bond donors (Lipinski definition) is 1. The van der Waals surface area contributed by atoms with Crippen LogP contribution < -0.4 is 4.90 Å². The number of aliphatic hydroxyl groups is 1. The lowest BCUT2D eigenvalue weighted by Crippen LogP contribution is -2.36. The number of anilines is 1. The van der Waals surface area contributed by atoms with Gasteiger partial charge in [-0.25, -0.2) is 23.1 Å². The van der Waals surface area contributed by atoms with Crippen LogP contribution in [0.3, 0.4) is 0 Å². The summed E-state index contributed by atoms with van der Waals surface area (Å²) in [7, 11) is 0. The number of pyridine rings is 1. The van der Waals surface area contributed by atoms with Crippen molar-refractivity contribution in [1.29, 1.82) is 0 Å². The Labute approximate surface area is 290 Å². The maximum absolute atomic E-state index is 17.2. The molecule has 2 fully saturated rings. The summed E-state index contributed by atoms with van der Waals surface area (Å²) < 4.78 is 86.5. The van der Waals surface area contributed by atoms with Gasteiger partial charge in [0.1, 0.15) is 0 Å². The highest BCUT2D eigenvalue weighted by Gasteiger charge is 2.44. The average Bonchev–Trinajstić information content (AvgIpc) is 3.06. The van der Waals surface area contributed by atoms with E-state index in [4.69, 9.17) is 4.98 Å². The number of aromatic nitrogens is 3. The maximum atomic E-state index is 17.2. The number of fused-ring (bicyclic) bond motifs is 1. The number of halogens is 6. The molecule has 1 saturated carbocycles. The number of aliphatic hydroxyl groups excluding tert-OH is 1. The molecule has 1 aliphatic heterocycles. The summed E-state index contributed by atoms with van der Waals surface area (Å²) in [6.45, 7) is 9.40. The molecule has 3 aromatic rings. The fourth-order valence-electron chi connectivity index (χ4n) is 7.95. The van der Waals surface area contributed by atoms with E-state index in [0.717, 1.165) is 29.8 Å². The molecule has 2 atom stereocenters. The summed E-state index contributed by atoms with van der Waals surface area (Å²) in [6, 6.07) is 4.03. The van der Waals surface area contributed by atoms with Gasteiger partial charge in [0.25, 0.3) is 0 Å². The number of piperidine rings is 1. The van der Waals surface area contributed by atoms with E-state index in [2.05, 4.69) is 34.8 Å². The van der Waals surface area contributed by atoms with Crippen LogP contribution in [-0.4, -0.2) is 39.1 Å². The van der Waals surface area contributed by atoms with Crippen LogP contribution in [0.4, 0.5) is 32.3 Å². The van der Waals surface area contributed by atoms with Gasteiger partial charge in [0.05, 0.1) is 17.4 Å². The van der Waals surface area contributed by atoms with Gasteiger partial charge in [-0.05, 0) is 79.0 Å². The van der Waals surface area contributed by atoms with Gasteiger partial charge in [-0.2, -0.15) is 13.2 Å². The maximum Gasteiger partial charge on any atom is 0.416 e. The standard InChI is InChI=1S/C39H46F6N4O/c1-23(2)5-6-24-21-46-36(47-22-24)49-17-13-27(14-18-49)35-33(34(40)26-7-9-28(10-8-26)39(43,44)45)31(25-11-15-38(41,42)16-12-25)32-29(48-35)19-37(3,4)20-30(32)50/h5-10,21-23,25,27,30,34,50H,11-20H2,1-4H3. The molecule has 1 N–H and O–H groups in total. The predicted octanol–water partition coefficient (Wildman–Crippen LogP) is 10.3. The molecule has 2 unspecified atom stereocenters. The van der Waals surface area contributed by atoms with E-state index in [1.165, 1.54) is 0 Å². The van der Waals surface area contributed by atoms with E-state index in [-0.39, 0.29) is 48.1 Å². The van der Waals surface area contributed by atoms with E-state index in [0.29, 0.717) is 73.2 Å². The Balaban J connectivity index is 1.41. The Bertz CT molecular complexity index is 1670. The van der Waals surface area contributed by atoms with Crippen molar-refractivity contribution in [2.24, 2.45) is 11.3 Å². The van der Waals surface area contributed by atoms with E-state index in [1.54, 1.807) is 12.4 Å². The molecule has 0 radical (unpaired) electrons. The second kappa shape index (κ2) is 13.9. The lowest BCUT2D eigenvalue weighted by Gasteiger charge is -2.41. The van der Waals surface area contributed by atoms with E-state index in [9.17, 15) is 27.1 Å². The molecule has 1 saturated heterocycles. The SMILES string of the molecule is CC(C)C=Cc1cnc(N2CCC(c3nc4c(c(C5CCC(F)(F)CC5)c3C(F)c3ccc(C(F)(F)F)cc3)C(O)CC(C)(C)C4)CC2)nc1. The van der Waals surface area contributed by atoms with Crippen LogP contribution >= 0.6 is 0 Å². The van der Waals surface area contributed by atoms with Gasteiger partial charge in [-0.1, -0.05) is 52.0 Å². The number of nitrogens with zero attached hydrogens (tertiary/aromatic N) is 4. The first-order chi connectivity index (χ1) is 23.5. The summed E-state index contributed by atoms with van der Waals surface area (Å²) in [6.07, 6.45) is 1.83. The molecular formula is C39H46F6N4O. The van der Waals surface area contributed by atoms with Crippen molar-refractivity contribution in [3.8, 4) is 0 Å². The zero-order valence-electron chi connectivity index (χ0n) is 29.1. The number of rotatable bonds is 7. The minimum Gasteiger partial charge on any atom is -0.388 e. The highest BCUT2D eigenvalue weighted by Crippen LogP contribution is 2.52. The Morgan fingerprint density at radius 2 is 1.54 bits per heavy atom. The fourth-order valence-corrected chi connectivity index (χ4v) is 7.95. The monoisotopic (exact) mass is 700 g/mol. The molecule has 0 amide bonds. The van der Waals surface area contributed by atoms with E-state index >= 15 is 4.39 Å². The molecule has 5 nitrogen and oxygen atoms in total. The topological polar surface area (TPSA) is 62.1 Å². The minimum absolute atomic E-state index is 0.0338. The van der Waals surface area contributed by atoms with Gasteiger partial charge in [0.2, 0.25) is 11.9 Å². The molecule has 11 heteroatoms. The first-order valence-electron chi connectivity index (χ1n) is 17.7. The van der Waals surface area contributed by atoms with Crippen LogP contribution in [0.2, 0.25) is 0 Å². The Morgan fingerprint density at radius 3 is 2.12 bits per heavy atom. The van der Waals surface area contributed by atoms with Gasteiger partial charge < -0.3 is 10.0 Å². The third-order valence-corrected chi connectivity index (χ3v) is 10.6. The van der Waals surface area contributed by atoms with Crippen molar-refractivity contribution in [1.82, 2.24) is 15.0 Å². The van der Waals surface area contributed by atoms with Gasteiger partial charge in [0.15, 0.2) is 6.17 Å². The second-order valence-corrected chi connectivity index (χ2v) is 15.5. The van der Waals surface area contributed by atoms with E-state index < -0.39 is 35.9 Å². The van der Waals surface area contributed by atoms with Crippen molar-refractivity contribution in [3.63, 3.8) is 0 Å². The Hall–Kier alpha value is -3.47. The molecule has 2 aliphatic carbocycles. The quantitative estimate of drug-likeness (QED) is 0.249. The average molecular weight is 701 g/mol. The number of allylic oxidation sites excluding steroid dienone is 1. The zero-order valence-corrected chi connectivity index (χ0v) is 29.1. The van der Waals surface area contributed by atoms with Crippen LogP contribution in [0.25, 0.3) is 6.08 Å². The first kappa shape index (κ1) is 36.3. The number of hydrogen-bond acceptors (Lipinski definition) is 5. The van der Waals surface area contributed by atoms with Crippen molar-refractivity contribution in [3.05, 3.63) is 87.5 Å². The van der Waals surface area contributed by atoms with Crippen LogP contribution in [0.1, 0.15) is 142 Å². The van der Waals surface area contributed by atoms with Gasteiger partial charge >= 0.3 is 6.18 Å². The van der Waals surface area contributed by atoms with Crippen molar-refractivity contribution >= 4 is 12.0 Å². The lowest BCUT2D eigenvalue weighted by molar-refractivity contribution is -0.137. The summed E-state index contributed by atoms with van der Waals surface area (Å²) >= 11 is 0. The molecule has 6 rings (SSSR count). The third-order valence-electron chi connectivity index (χ3n) is 10.6. The Kier molecular flexibility index (Phi) is 10.1. The van der Waals surface area contributed by atoms with E-state index in [1.807, 2.05) is 19.9 Å². The van der Waals surface area contributed by atoms with Crippen LogP contribution in [0.15, 0.2) is 42.7 Å².